The van der Waals surface area contributed by atoms with Gasteiger partial charge in [-0.25, -0.2) is 0 Å². The maximum Gasteiger partial charge on any atom is 0.260 e. The SMILES string of the molecule is Cc1ccc(O[C@@H](C)C(=O)NCC(C)C)cc1. The van der Waals surface area contributed by atoms with Crippen LogP contribution in [0, 0.1) is 12.8 Å². The molecule has 0 aromatic heterocycles. The summed E-state index contributed by atoms with van der Waals surface area (Å²) in [5.74, 6) is 1.10. The Kier molecular flexibility index (Phi) is 5.01. The highest BCUT2D eigenvalue weighted by Crippen LogP contribution is 2.13. The third kappa shape index (κ3) is 4.89. The molecule has 0 aliphatic rings. The summed E-state index contributed by atoms with van der Waals surface area (Å²) in [5, 5.41) is 2.85. The molecule has 1 amide bonds. The van der Waals surface area contributed by atoms with Crippen LogP contribution in [-0.4, -0.2) is 18.6 Å². The van der Waals surface area contributed by atoms with Crippen molar-refractivity contribution in [2.45, 2.75) is 33.8 Å². The van der Waals surface area contributed by atoms with E-state index in [2.05, 4.69) is 19.2 Å². The summed E-state index contributed by atoms with van der Waals surface area (Å²) in [6.07, 6.45) is -0.462. The molecule has 0 spiro atoms. The van der Waals surface area contributed by atoms with E-state index in [1.54, 1.807) is 6.92 Å². The molecule has 0 aliphatic carbocycles. The first-order chi connectivity index (χ1) is 7.99. The zero-order valence-corrected chi connectivity index (χ0v) is 11.0. The molecule has 3 heteroatoms. The fourth-order valence-electron chi connectivity index (χ4n) is 1.32. The van der Waals surface area contributed by atoms with E-state index in [4.69, 9.17) is 4.74 Å². The summed E-state index contributed by atoms with van der Waals surface area (Å²) in [5.41, 5.74) is 1.18. The van der Waals surface area contributed by atoms with Gasteiger partial charge in [0.1, 0.15) is 5.75 Å². The van der Waals surface area contributed by atoms with E-state index in [0.29, 0.717) is 12.5 Å². The molecule has 0 saturated carbocycles. The second-order valence-electron chi connectivity index (χ2n) is 4.71. The van der Waals surface area contributed by atoms with Crippen molar-refractivity contribution < 1.29 is 9.53 Å². The monoisotopic (exact) mass is 235 g/mol. The van der Waals surface area contributed by atoms with Crippen LogP contribution in [0.25, 0.3) is 0 Å². The minimum atomic E-state index is -0.462. The second kappa shape index (κ2) is 6.28. The summed E-state index contributed by atoms with van der Waals surface area (Å²) >= 11 is 0. The predicted octanol–water partition coefficient (Wildman–Crippen LogP) is 2.53. The lowest BCUT2D eigenvalue weighted by Gasteiger charge is -2.15. The lowest BCUT2D eigenvalue weighted by molar-refractivity contribution is -0.127. The fraction of sp³-hybridized carbons (Fsp3) is 0.500. The number of nitrogens with one attached hydrogen (secondary N) is 1. The zero-order valence-electron chi connectivity index (χ0n) is 11.0. The first-order valence-electron chi connectivity index (χ1n) is 6.00. The number of carbonyl (C=O) groups excluding carboxylic acids is 1. The highest BCUT2D eigenvalue weighted by Gasteiger charge is 2.14. The molecule has 17 heavy (non-hydrogen) atoms. The van der Waals surface area contributed by atoms with Crippen molar-refractivity contribution >= 4 is 5.91 Å². The van der Waals surface area contributed by atoms with Crippen molar-refractivity contribution in [1.29, 1.82) is 0 Å². The van der Waals surface area contributed by atoms with Crippen molar-refractivity contribution in [3.05, 3.63) is 29.8 Å². The number of ether oxygens (including phenoxy) is 1. The Morgan fingerprint density at radius 3 is 2.35 bits per heavy atom. The third-order valence-electron chi connectivity index (χ3n) is 2.39. The van der Waals surface area contributed by atoms with Crippen LogP contribution in [-0.2, 0) is 4.79 Å². The van der Waals surface area contributed by atoms with E-state index in [1.807, 2.05) is 31.2 Å². The molecule has 0 heterocycles. The highest BCUT2D eigenvalue weighted by molar-refractivity contribution is 5.80. The van der Waals surface area contributed by atoms with Crippen molar-refractivity contribution in [3.8, 4) is 5.75 Å². The number of rotatable bonds is 5. The van der Waals surface area contributed by atoms with E-state index < -0.39 is 6.10 Å². The number of hydrogen-bond donors (Lipinski definition) is 1. The summed E-state index contributed by atoms with van der Waals surface area (Å²) in [6.45, 7) is 8.58. The average Bonchev–Trinajstić information content (AvgIpc) is 2.28. The lowest BCUT2D eigenvalue weighted by atomic mass is 10.2. The van der Waals surface area contributed by atoms with Gasteiger partial charge >= 0.3 is 0 Å². The van der Waals surface area contributed by atoms with Crippen LogP contribution in [0.15, 0.2) is 24.3 Å². The zero-order chi connectivity index (χ0) is 12.8. The van der Waals surface area contributed by atoms with Crippen LogP contribution < -0.4 is 10.1 Å². The molecule has 1 N–H and O–H groups in total. The number of amides is 1. The van der Waals surface area contributed by atoms with Crippen LogP contribution in [0.5, 0.6) is 5.75 Å². The quantitative estimate of drug-likeness (QED) is 0.851. The molecule has 94 valence electrons. The van der Waals surface area contributed by atoms with Gasteiger partial charge in [0.05, 0.1) is 0 Å². The molecular formula is C14H21NO2. The number of benzene rings is 1. The van der Waals surface area contributed by atoms with Crippen LogP contribution in [0.1, 0.15) is 26.3 Å². The maximum absolute atomic E-state index is 11.7. The Hall–Kier alpha value is -1.51. The largest absolute Gasteiger partial charge is 0.481 e. The van der Waals surface area contributed by atoms with E-state index in [1.165, 1.54) is 5.56 Å². The summed E-state index contributed by atoms with van der Waals surface area (Å²) < 4.78 is 5.55. The van der Waals surface area contributed by atoms with Gasteiger partial charge in [-0.3, -0.25) is 4.79 Å². The van der Waals surface area contributed by atoms with E-state index in [-0.39, 0.29) is 5.91 Å². The van der Waals surface area contributed by atoms with Gasteiger partial charge in [-0.2, -0.15) is 0 Å². The molecule has 3 nitrogen and oxygen atoms in total. The Labute approximate surface area is 103 Å². The Morgan fingerprint density at radius 1 is 1.24 bits per heavy atom. The standard InChI is InChI=1S/C14H21NO2/c1-10(2)9-15-14(16)12(4)17-13-7-5-11(3)6-8-13/h5-8,10,12H,9H2,1-4H3,(H,15,16)/t12-/m0/s1. The normalized spacial score (nSPS) is 12.3. The molecule has 0 aliphatic heterocycles. The predicted molar refractivity (Wildman–Crippen MR) is 69.1 cm³/mol. The topological polar surface area (TPSA) is 38.3 Å². The molecular weight excluding hydrogens is 214 g/mol. The average molecular weight is 235 g/mol. The fourth-order valence-corrected chi connectivity index (χ4v) is 1.32. The molecule has 1 atom stereocenters. The molecule has 0 radical (unpaired) electrons. The van der Waals surface area contributed by atoms with Crippen LogP contribution in [0.3, 0.4) is 0 Å². The Balaban J connectivity index is 2.45. The molecule has 1 aromatic carbocycles. The second-order valence-corrected chi connectivity index (χ2v) is 4.71. The number of hydrogen-bond acceptors (Lipinski definition) is 2. The summed E-state index contributed by atoms with van der Waals surface area (Å²) in [6, 6.07) is 7.69. The van der Waals surface area contributed by atoms with Gasteiger partial charge in [0.2, 0.25) is 0 Å². The van der Waals surface area contributed by atoms with Gasteiger partial charge in [0.25, 0.3) is 5.91 Å². The third-order valence-corrected chi connectivity index (χ3v) is 2.39. The van der Waals surface area contributed by atoms with Gasteiger partial charge in [0, 0.05) is 6.54 Å². The van der Waals surface area contributed by atoms with Crippen LogP contribution >= 0.6 is 0 Å². The summed E-state index contributed by atoms with van der Waals surface area (Å²) in [4.78, 5) is 11.7. The van der Waals surface area contributed by atoms with E-state index in [9.17, 15) is 4.79 Å². The van der Waals surface area contributed by atoms with Crippen molar-refractivity contribution in [3.63, 3.8) is 0 Å². The van der Waals surface area contributed by atoms with Crippen LogP contribution in [0.4, 0.5) is 0 Å². The maximum atomic E-state index is 11.7. The molecule has 1 aromatic rings. The van der Waals surface area contributed by atoms with Gasteiger partial charge in [-0.05, 0) is 31.9 Å². The van der Waals surface area contributed by atoms with Crippen LogP contribution in [0.2, 0.25) is 0 Å². The van der Waals surface area contributed by atoms with E-state index >= 15 is 0 Å². The van der Waals surface area contributed by atoms with Gasteiger partial charge in [0.15, 0.2) is 6.10 Å². The molecule has 1 rings (SSSR count). The number of aryl methyl sites for hydroxylation is 1. The smallest absolute Gasteiger partial charge is 0.260 e. The van der Waals surface area contributed by atoms with Crippen molar-refractivity contribution in [2.24, 2.45) is 5.92 Å². The summed E-state index contributed by atoms with van der Waals surface area (Å²) in [7, 11) is 0. The van der Waals surface area contributed by atoms with E-state index in [0.717, 1.165) is 5.75 Å². The Morgan fingerprint density at radius 2 is 1.82 bits per heavy atom. The minimum Gasteiger partial charge on any atom is -0.481 e. The van der Waals surface area contributed by atoms with Gasteiger partial charge < -0.3 is 10.1 Å². The van der Waals surface area contributed by atoms with Gasteiger partial charge in [-0.1, -0.05) is 31.5 Å². The highest BCUT2D eigenvalue weighted by atomic mass is 16.5. The lowest BCUT2D eigenvalue weighted by Crippen LogP contribution is -2.38. The molecule has 0 unspecified atom stereocenters. The first-order valence-corrected chi connectivity index (χ1v) is 6.00. The number of carbonyl (C=O) groups is 1. The molecule has 0 fully saturated rings. The van der Waals surface area contributed by atoms with Gasteiger partial charge in [-0.15, -0.1) is 0 Å². The first kappa shape index (κ1) is 13.6. The Bertz CT molecular complexity index is 357. The molecule has 0 bridgehead atoms. The van der Waals surface area contributed by atoms with Crippen molar-refractivity contribution in [2.75, 3.05) is 6.54 Å². The minimum absolute atomic E-state index is 0.0701. The molecule has 0 saturated heterocycles. The van der Waals surface area contributed by atoms with Crippen molar-refractivity contribution in [1.82, 2.24) is 5.32 Å².